The quantitative estimate of drug-likeness (QED) is 0.392. The Balaban J connectivity index is 2.34. The fraction of sp³-hybridized carbons (Fsp3) is 0.476. The van der Waals surface area contributed by atoms with Crippen molar-refractivity contribution in [2.75, 3.05) is 0 Å². The predicted octanol–water partition coefficient (Wildman–Crippen LogP) is 5.51. The third kappa shape index (κ3) is 9.31. The van der Waals surface area contributed by atoms with Gasteiger partial charge in [-0.05, 0) is 43.2 Å². The summed E-state index contributed by atoms with van der Waals surface area (Å²) in [4.78, 5) is 10.4. The molecule has 0 aromatic heterocycles. The number of allylic oxidation sites excluding steroid dienone is 2. The second kappa shape index (κ2) is 12.5. The summed E-state index contributed by atoms with van der Waals surface area (Å²) >= 11 is 0. The van der Waals surface area contributed by atoms with Crippen molar-refractivity contribution in [3.63, 3.8) is 0 Å². The van der Waals surface area contributed by atoms with E-state index in [1.807, 2.05) is 36.4 Å². The van der Waals surface area contributed by atoms with E-state index in [2.05, 4.69) is 19.1 Å². The molecule has 0 saturated heterocycles. The molecule has 2 N–H and O–H groups in total. The molecule has 0 bridgehead atoms. The van der Waals surface area contributed by atoms with Crippen molar-refractivity contribution in [1.82, 2.24) is 0 Å². The molecule has 0 heterocycles. The molecule has 0 aliphatic rings. The number of aliphatic carboxylic acids is 1. The van der Waals surface area contributed by atoms with E-state index < -0.39 is 12.1 Å². The van der Waals surface area contributed by atoms with E-state index in [0.29, 0.717) is 12.8 Å². The minimum absolute atomic E-state index is 0.210. The molecule has 0 amide bonds. The zero-order chi connectivity index (χ0) is 17.6. The molecule has 0 aliphatic carbocycles. The second-order valence-electron chi connectivity index (χ2n) is 6.07. The normalized spacial score (nSPS) is 12.9. The summed E-state index contributed by atoms with van der Waals surface area (Å²) in [5, 5.41) is 18.8. The summed E-state index contributed by atoms with van der Waals surface area (Å²) in [6.45, 7) is 2.20. The number of rotatable bonds is 12. The Labute approximate surface area is 145 Å². The van der Waals surface area contributed by atoms with Crippen molar-refractivity contribution < 1.29 is 15.0 Å². The van der Waals surface area contributed by atoms with Crippen LogP contribution in [0.4, 0.5) is 0 Å². The number of aliphatic hydroxyl groups excluding tert-OH is 1. The number of carboxylic acids is 1. The van der Waals surface area contributed by atoms with E-state index in [0.717, 1.165) is 24.0 Å². The van der Waals surface area contributed by atoms with E-state index in [-0.39, 0.29) is 6.42 Å². The fourth-order valence-corrected chi connectivity index (χ4v) is 2.41. The molecule has 0 spiro atoms. The van der Waals surface area contributed by atoms with Crippen molar-refractivity contribution >= 4 is 12.0 Å². The van der Waals surface area contributed by atoms with Crippen molar-refractivity contribution in [3.05, 3.63) is 53.6 Å². The van der Waals surface area contributed by atoms with Gasteiger partial charge in [-0.1, -0.05) is 68.3 Å². The first-order valence-electron chi connectivity index (χ1n) is 8.94. The molecule has 3 heteroatoms. The molecular weight excluding hydrogens is 300 g/mol. The maximum absolute atomic E-state index is 10.4. The maximum atomic E-state index is 10.4. The van der Waals surface area contributed by atoms with Gasteiger partial charge in [0.05, 0.1) is 6.10 Å². The van der Waals surface area contributed by atoms with Crippen LogP contribution in [0.25, 0.3) is 6.08 Å². The van der Waals surface area contributed by atoms with Gasteiger partial charge < -0.3 is 10.2 Å². The molecule has 1 aromatic rings. The first kappa shape index (κ1) is 20.2. The lowest BCUT2D eigenvalue weighted by atomic mass is 10.0. The SMILES string of the molecule is CCCCC/C=C\CC(O)c1ccc(/C=C\CCCC(=O)O)cc1. The molecule has 132 valence electrons. The van der Waals surface area contributed by atoms with Crippen LogP contribution in [0.2, 0.25) is 0 Å². The lowest BCUT2D eigenvalue weighted by molar-refractivity contribution is -0.137. The summed E-state index contributed by atoms with van der Waals surface area (Å²) in [6, 6.07) is 7.87. The number of hydrogen-bond donors (Lipinski definition) is 2. The molecule has 0 radical (unpaired) electrons. The molecule has 3 nitrogen and oxygen atoms in total. The van der Waals surface area contributed by atoms with Gasteiger partial charge in [0.2, 0.25) is 0 Å². The van der Waals surface area contributed by atoms with Gasteiger partial charge in [-0.25, -0.2) is 0 Å². The van der Waals surface area contributed by atoms with Gasteiger partial charge in [0.25, 0.3) is 0 Å². The fourth-order valence-electron chi connectivity index (χ4n) is 2.41. The second-order valence-corrected chi connectivity index (χ2v) is 6.07. The summed E-state index contributed by atoms with van der Waals surface area (Å²) in [6.07, 6.45) is 14.8. The number of aliphatic hydroxyl groups is 1. The summed E-state index contributed by atoms with van der Waals surface area (Å²) in [7, 11) is 0. The molecule has 0 fully saturated rings. The Bertz CT molecular complexity index is 514. The number of carbonyl (C=O) groups is 1. The number of hydrogen-bond acceptors (Lipinski definition) is 2. The molecule has 0 aliphatic heterocycles. The lowest BCUT2D eigenvalue weighted by Gasteiger charge is -2.08. The van der Waals surface area contributed by atoms with Gasteiger partial charge in [0.1, 0.15) is 0 Å². The van der Waals surface area contributed by atoms with Crippen LogP contribution < -0.4 is 0 Å². The van der Waals surface area contributed by atoms with Crippen LogP contribution in [0.15, 0.2) is 42.5 Å². The van der Waals surface area contributed by atoms with Crippen LogP contribution in [0.5, 0.6) is 0 Å². The maximum Gasteiger partial charge on any atom is 0.303 e. The molecule has 1 unspecified atom stereocenters. The van der Waals surface area contributed by atoms with Gasteiger partial charge in [-0.3, -0.25) is 4.79 Å². The topological polar surface area (TPSA) is 57.5 Å². The highest BCUT2D eigenvalue weighted by atomic mass is 16.4. The predicted molar refractivity (Wildman–Crippen MR) is 99.8 cm³/mol. The Morgan fingerprint density at radius 1 is 1.04 bits per heavy atom. The highest BCUT2D eigenvalue weighted by Crippen LogP contribution is 2.18. The first-order valence-corrected chi connectivity index (χ1v) is 8.94. The van der Waals surface area contributed by atoms with Gasteiger partial charge in [0, 0.05) is 6.42 Å². The summed E-state index contributed by atoms with van der Waals surface area (Å²) in [5.41, 5.74) is 1.99. The zero-order valence-corrected chi connectivity index (χ0v) is 14.7. The molecule has 1 rings (SSSR count). The Morgan fingerprint density at radius 2 is 1.75 bits per heavy atom. The van der Waals surface area contributed by atoms with Gasteiger partial charge in [-0.15, -0.1) is 0 Å². The van der Waals surface area contributed by atoms with E-state index >= 15 is 0 Å². The van der Waals surface area contributed by atoms with Crippen molar-refractivity contribution in [2.24, 2.45) is 0 Å². The summed E-state index contributed by atoms with van der Waals surface area (Å²) in [5.74, 6) is -0.749. The first-order chi connectivity index (χ1) is 11.6. The van der Waals surface area contributed by atoms with Crippen LogP contribution >= 0.6 is 0 Å². The third-order valence-corrected chi connectivity index (χ3v) is 3.89. The number of unbranched alkanes of at least 4 members (excludes halogenated alkanes) is 4. The minimum Gasteiger partial charge on any atom is -0.481 e. The van der Waals surface area contributed by atoms with Gasteiger partial charge in [0.15, 0.2) is 0 Å². The van der Waals surface area contributed by atoms with Crippen LogP contribution in [0.1, 0.15) is 75.5 Å². The average molecular weight is 330 g/mol. The summed E-state index contributed by atoms with van der Waals surface area (Å²) < 4.78 is 0. The molecule has 24 heavy (non-hydrogen) atoms. The van der Waals surface area contributed by atoms with Crippen molar-refractivity contribution in [2.45, 2.75) is 64.4 Å². The Morgan fingerprint density at radius 3 is 2.42 bits per heavy atom. The molecule has 1 aromatic carbocycles. The molecule has 0 saturated carbocycles. The van der Waals surface area contributed by atoms with Crippen molar-refractivity contribution in [1.29, 1.82) is 0 Å². The van der Waals surface area contributed by atoms with E-state index in [4.69, 9.17) is 5.11 Å². The highest BCUT2D eigenvalue weighted by Gasteiger charge is 2.04. The molecular formula is C21H30O3. The van der Waals surface area contributed by atoms with Gasteiger partial charge >= 0.3 is 5.97 Å². The number of carboxylic acid groups (broad SMARTS) is 1. The third-order valence-electron chi connectivity index (χ3n) is 3.89. The van der Waals surface area contributed by atoms with Crippen LogP contribution in [0, 0.1) is 0 Å². The largest absolute Gasteiger partial charge is 0.481 e. The minimum atomic E-state index is -0.749. The lowest BCUT2D eigenvalue weighted by Crippen LogP contribution is -1.95. The zero-order valence-electron chi connectivity index (χ0n) is 14.7. The van der Waals surface area contributed by atoms with Gasteiger partial charge in [-0.2, -0.15) is 0 Å². The van der Waals surface area contributed by atoms with E-state index in [1.54, 1.807) is 0 Å². The Hall–Kier alpha value is -1.87. The van der Waals surface area contributed by atoms with Crippen LogP contribution in [-0.2, 0) is 4.79 Å². The average Bonchev–Trinajstić information content (AvgIpc) is 2.58. The van der Waals surface area contributed by atoms with Crippen LogP contribution in [-0.4, -0.2) is 16.2 Å². The highest BCUT2D eigenvalue weighted by molar-refractivity contribution is 5.66. The monoisotopic (exact) mass is 330 g/mol. The standard InChI is InChI=1S/C21H30O3/c1-2-3-4-5-6-9-12-20(22)19-16-14-18(15-17-19)11-8-7-10-13-21(23)24/h6,8-9,11,14-17,20,22H,2-5,7,10,12-13H2,1H3,(H,23,24)/b9-6-,11-8-. The molecule has 1 atom stereocenters. The smallest absolute Gasteiger partial charge is 0.303 e. The van der Waals surface area contributed by atoms with Crippen LogP contribution in [0.3, 0.4) is 0 Å². The Kier molecular flexibility index (Phi) is 10.5. The van der Waals surface area contributed by atoms with Crippen molar-refractivity contribution in [3.8, 4) is 0 Å². The van der Waals surface area contributed by atoms with E-state index in [9.17, 15) is 9.90 Å². The number of benzene rings is 1. The van der Waals surface area contributed by atoms with E-state index in [1.165, 1.54) is 19.3 Å².